The fraction of sp³-hybridized carbons (Fsp3) is 0.0625. The van der Waals surface area contributed by atoms with Crippen LogP contribution in [-0.4, -0.2) is 26.1 Å². The van der Waals surface area contributed by atoms with Crippen molar-refractivity contribution in [3.63, 3.8) is 0 Å². The van der Waals surface area contributed by atoms with Crippen LogP contribution < -0.4 is 0 Å². The molecule has 1 atom stereocenters. The minimum atomic E-state index is -1.27. The van der Waals surface area contributed by atoms with E-state index in [9.17, 15) is 13.9 Å². The lowest BCUT2D eigenvalue weighted by Crippen LogP contribution is -2.07. The summed E-state index contributed by atoms with van der Waals surface area (Å²) in [6, 6.07) is 10.7. The Balaban J connectivity index is 2.07. The van der Waals surface area contributed by atoms with E-state index in [-0.39, 0.29) is 17.2 Å². The van der Waals surface area contributed by atoms with E-state index in [4.69, 9.17) is 0 Å². The number of aliphatic imine (C=N–C) groups is 1. The SMILES string of the molecule is OC1N=Cc2ccccc2-n2c(-c3c(F)cccc3F)nnc21. The van der Waals surface area contributed by atoms with Gasteiger partial charge in [0.25, 0.3) is 0 Å². The van der Waals surface area contributed by atoms with Crippen molar-refractivity contribution in [2.45, 2.75) is 6.23 Å². The molecule has 5 nitrogen and oxygen atoms in total. The predicted molar refractivity (Wildman–Crippen MR) is 79.3 cm³/mol. The summed E-state index contributed by atoms with van der Waals surface area (Å²) in [6.07, 6.45) is 0.231. The van der Waals surface area contributed by atoms with Crippen LogP contribution in [0.25, 0.3) is 17.1 Å². The van der Waals surface area contributed by atoms with E-state index >= 15 is 0 Å². The molecule has 1 aliphatic heterocycles. The van der Waals surface area contributed by atoms with E-state index in [0.29, 0.717) is 11.3 Å². The van der Waals surface area contributed by atoms with Crippen molar-refractivity contribution in [1.82, 2.24) is 14.8 Å². The van der Waals surface area contributed by atoms with Crippen molar-refractivity contribution < 1.29 is 13.9 Å². The molecular weight excluding hydrogens is 302 g/mol. The number of nitrogens with zero attached hydrogens (tertiary/aromatic N) is 4. The summed E-state index contributed by atoms with van der Waals surface area (Å²) < 4.78 is 29.7. The molecule has 7 heteroatoms. The number of aliphatic hydroxyl groups is 1. The zero-order valence-electron chi connectivity index (χ0n) is 11.7. The molecular formula is C16H10F2N4O. The number of hydrogen-bond acceptors (Lipinski definition) is 4. The fourth-order valence-electron chi connectivity index (χ4n) is 2.59. The summed E-state index contributed by atoms with van der Waals surface area (Å²) in [5, 5.41) is 17.9. The summed E-state index contributed by atoms with van der Waals surface area (Å²) in [5.41, 5.74) is 0.976. The number of hydrogen-bond donors (Lipinski definition) is 1. The molecule has 0 bridgehead atoms. The van der Waals surface area contributed by atoms with Crippen LogP contribution in [0.5, 0.6) is 0 Å². The fourth-order valence-corrected chi connectivity index (χ4v) is 2.59. The summed E-state index contributed by atoms with van der Waals surface area (Å²) in [6.45, 7) is 0. The molecule has 1 unspecified atom stereocenters. The van der Waals surface area contributed by atoms with Crippen LogP contribution >= 0.6 is 0 Å². The molecule has 1 aromatic heterocycles. The van der Waals surface area contributed by atoms with E-state index in [2.05, 4.69) is 15.2 Å². The highest BCUT2D eigenvalue weighted by molar-refractivity contribution is 5.86. The normalized spacial score (nSPS) is 15.9. The van der Waals surface area contributed by atoms with E-state index in [0.717, 1.165) is 12.1 Å². The molecule has 0 fully saturated rings. The molecule has 4 rings (SSSR count). The van der Waals surface area contributed by atoms with Crippen molar-refractivity contribution in [3.05, 3.63) is 65.5 Å². The first-order valence-electron chi connectivity index (χ1n) is 6.87. The minimum Gasteiger partial charge on any atom is -0.365 e. The number of rotatable bonds is 1. The average molecular weight is 312 g/mol. The zero-order chi connectivity index (χ0) is 16.0. The van der Waals surface area contributed by atoms with Gasteiger partial charge in [-0.15, -0.1) is 10.2 Å². The Hall–Kier alpha value is -2.93. The monoisotopic (exact) mass is 312 g/mol. The predicted octanol–water partition coefficient (Wildman–Crippen LogP) is 2.64. The first-order valence-corrected chi connectivity index (χ1v) is 6.87. The van der Waals surface area contributed by atoms with Crippen molar-refractivity contribution in [2.24, 2.45) is 4.99 Å². The molecule has 0 radical (unpaired) electrons. The third-order valence-electron chi connectivity index (χ3n) is 3.64. The van der Waals surface area contributed by atoms with Crippen LogP contribution in [0.15, 0.2) is 47.5 Å². The van der Waals surface area contributed by atoms with Crippen LogP contribution in [0.3, 0.4) is 0 Å². The van der Waals surface area contributed by atoms with E-state index < -0.39 is 17.9 Å². The van der Waals surface area contributed by atoms with Gasteiger partial charge < -0.3 is 5.11 Å². The molecule has 114 valence electrons. The molecule has 0 amide bonds. The van der Waals surface area contributed by atoms with Crippen molar-refractivity contribution >= 4 is 6.21 Å². The summed E-state index contributed by atoms with van der Waals surface area (Å²) in [4.78, 5) is 3.98. The molecule has 3 aromatic rings. The van der Waals surface area contributed by atoms with Gasteiger partial charge in [-0.3, -0.25) is 9.56 Å². The van der Waals surface area contributed by atoms with Gasteiger partial charge in [0, 0.05) is 11.8 Å². The number of aliphatic hydroxyl groups excluding tert-OH is 1. The maximum Gasteiger partial charge on any atom is 0.206 e. The quantitative estimate of drug-likeness (QED) is 0.751. The van der Waals surface area contributed by atoms with Gasteiger partial charge in [0.15, 0.2) is 11.6 Å². The molecule has 0 spiro atoms. The molecule has 1 N–H and O–H groups in total. The third kappa shape index (κ3) is 2.05. The van der Waals surface area contributed by atoms with Crippen molar-refractivity contribution in [1.29, 1.82) is 0 Å². The second-order valence-electron chi connectivity index (χ2n) is 5.02. The third-order valence-corrected chi connectivity index (χ3v) is 3.64. The molecule has 23 heavy (non-hydrogen) atoms. The van der Waals surface area contributed by atoms with Gasteiger partial charge in [-0.05, 0) is 18.2 Å². The van der Waals surface area contributed by atoms with Gasteiger partial charge in [-0.2, -0.15) is 0 Å². The standard InChI is InChI=1S/C16H10F2N4O/c17-10-5-3-6-11(18)13(10)14-20-21-15-16(23)19-8-9-4-1-2-7-12(9)22(14)15/h1-8,16,23H. The van der Waals surface area contributed by atoms with Crippen LogP contribution in [-0.2, 0) is 0 Å². The summed E-state index contributed by atoms with van der Waals surface area (Å²) in [7, 11) is 0. The molecule has 0 aliphatic carbocycles. The minimum absolute atomic E-state index is 0.0207. The lowest BCUT2D eigenvalue weighted by Gasteiger charge is -2.12. The highest BCUT2D eigenvalue weighted by Crippen LogP contribution is 2.32. The zero-order valence-corrected chi connectivity index (χ0v) is 11.7. The first-order chi connectivity index (χ1) is 11.2. The molecule has 2 aromatic carbocycles. The lowest BCUT2D eigenvalue weighted by molar-refractivity contribution is 0.177. The first kappa shape index (κ1) is 13.7. The number of halogens is 2. The van der Waals surface area contributed by atoms with Gasteiger partial charge in [0.2, 0.25) is 6.23 Å². The van der Waals surface area contributed by atoms with Gasteiger partial charge in [-0.1, -0.05) is 24.3 Å². The summed E-state index contributed by atoms with van der Waals surface area (Å²) >= 11 is 0. The smallest absolute Gasteiger partial charge is 0.206 e. The van der Waals surface area contributed by atoms with Gasteiger partial charge >= 0.3 is 0 Å². The number of para-hydroxylation sites is 1. The topological polar surface area (TPSA) is 63.3 Å². The highest BCUT2D eigenvalue weighted by atomic mass is 19.1. The van der Waals surface area contributed by atoms with Gasteiger partial charge in [0.05, 0.1) is 11.3 Å². The number of aromatic nitrogens is 3. The van der Waals surface area contributed by atoms with Gasteiger partial charge in [0.1, 0.15) is 11.6 Å². The Morgan fingerprint density at radius 2 is 1.70 bits per heavy atom. The average Bonchev–Trinajstić information content (AvgIpc) is 2.91. The highest BCUT2D eigenvalue weighted by Gasteiger charge is 2.27. The van der Waals surface area contributed by atoms with Crippen LogP contribution in [0, 0.1) is 11.6 Å². The van der Waals surface area contributed by atoms with Crippen molar-refractivity contribution in [3.8, 4) is 17.1 Å². The largest absolute Gasteiger partial charge is 0.365 e. The van der Waals surface area contributed by atoms with Crippen LogP contribution in [0.4, 0.5) is 8.78 Å². The second kappa shape index (κ2) is 5.06. The van der Waals surface area contributed by atoms with Crippen LogP contribution in [0.2, 0.25) is 0 Å². The van der Waals surface area contributed by atoms with E-state index in [1.54, 1.807) is 24.3 Å². The lowest BCUT2D eigenvalue weighted by atomic mass is 10.1. The Morgan fingerprint density at radius 1 is 0.957 bits per heavy atom. The van der Waals surface area contributed by atoms with Gasteiger partial charge in [-0.25, -0.2) is 8.78 Å². The Labute approximate surface area is 129 Å². The maximum atomic E-state index is 14.1. The van der Waals surface area contributed by atoms with Crippen LogP contribution in [0.1, 0.15) is 17.6 Å². The Kier molecular flexibility index (Phi) is 3.02. The molecule has 0 saturated heterocycles. The molecule has 2 heterocycles. The van der Waals surface area contributed by atoms with Crippen molar-refractivity contribution in [2.75, 3.05) is 0 Å². The van der Waals surface area contributed by atoms with E-state index in [1.807, 2.05) is 0 Å². The molecule has 1 aliphatic rings. The maximum absolute atomic E-state index is 14.1. The number of fused-ring (bicyclic) bond motifs is 3. The summed E-state index contributed by atoms with van der Waals surface area (Å²) in [5.74, 6) is -1.42. The number of benzene rings is 2. The molecule has 0 saturated carbocycles. The van der Waals surface area contributed by atoms with E-state index in [1.165, 1.54) is 16.8 Å². The Morgan fingerprint density at radius 3 is 2.48 bits per heavy atom. The Bertz CT molecular complexity index is 915. The second-order valence-corrected chi connectivity index (χ2v) is 5.02.